The predicted octanol–water partition coefficient (Wildman–Crippen LogP) is 1.36. The molecule has 0 fully saturated rings. The fourth-order valence-corrected chi connectivity index (χ4v) is 1.89. The molecule has 5 heteroatoms. The largest absolute Gasteiger partial charge is 0.473 e. The second-order valence-corrected chi connectivity index (χ2v) is 3.91. The number of nitrogens with zero attached hydrogens (tertiary/aromatic N) is 2. The molecule has 4 nitrogen and oxygen atoms in total. The molecule has 1 N–H and O–H groups in total. The third-order valence-electron chi connectivity index (χ3n) is 1.33. The van der Waals surface area contributed by atoms with Gasteiger partial charge in [-0.2, -0.15) is 5.10 Å². The number of carboxylic acid groups (broad SMARTS) is 1. The second kappa shape index (κ2) is 3.04. The Labute approximate surface area is 67.4 Å². The summed E-state index contributed by atoms with van der Waals surface area (Å²) in [6, 6.07) is 0. The maximum absolute atomic E-state index is 10.5. The van der Waals surface area contributed by atoms with Crippen molar-refractivity contribution in [3.63, 3.8) is 0 Å². The Morgan fingerprint density at radius 3 is 2.82 bits per heavy atom. The van der Waals surface area contributed by atoms with Crippen molar-refractivity contribution in [3.05, 3.63) is 0 Å². The molecule has 0 amide bonds. The van der Waals surface area contributed by atoms with Crippen molar-refractivity contribution in [2.75, 3.05) is 6.54 Å². The minimum Gasteiger partial charge on any atom is -0.473 e. The molecule has 0 aromatic heterocycles. The van der Waals surface area contributed by atoms with Crippen LogP contribution in [0.25, 0.3) is 0 Å². The first-order valence-corrected chi connectivity index (χ1v) is 4.56. The molecule has 1 aliphatic heterocycles. The highest BCUT2D eigenvalue weighted by Crippen LogP contribution is 2.21. The lowest BCUT2D eigenvalue weighted by Gasteiger charge is -2.03. The summed E-state index contributed by atoms with van der Waals surface area (Å²) in [5.74, 6) is 0. The summed E-state index contributed by atoms with van der Waals surface area (Å²) in [6.07, 6.45) is 0. The highest BCUT2D eigenvalue weighted by molar-refractivity contribution is 8.38. The highest BCUT2D eigenvalue weighted by atomic mass is 32.2. The minimum absolute atomic E-state index is 0.680. The average Bonchev–Trinajstić information content (AvgIpc) is 2.30. The van der Waals surface area contributed by atoms with E-state index in [9.17, 15) is 4.79 Å². The lowest BCUT2D eigenvalue weighted by atomic mass is 10.7. The van der Waals surface area contributed by atoms with E-state index in [0.717, 1.165) is 6.54 Å². The molecule has 0 spiro atoms. The first-order chi connectivity index (χ1) is 5.15. The third kappa shape index (κ3) is 1.59. The van der Waals surface area contributed by atoms with Gasteiger partial charge in [0.25, 0.3) is 0 Å². The van der Waals surface area contributed by atoms with E-state index < -0.39 is 15.8 Å². The first-order valence-electron chi connectivity index (χ1n) is 3.28. The SMILES string of the molecule is CCN1C=S(C(=O)O)C(C)=N1. The summed E-state index contributed by atoms with van der Waals surface area (Å²) in [4.78, 5) is 10.5. The predicted molar refractivity (Wildman–Crippen MR) is 47.2 cm³/mol. The highest BCUT2D eigenvalue weighted by Gasteiger charge is 2.16. The van der Waals surface area contributed by atoms with Crippen LogP contribution in [-0.4, -0.2) is 32.5 Å². The molecule has 0 bridgehead atoms. The van der Waals surface area contributed by atoms with Crippen LogP contribution < -0.4 is 0 Å². The van der Waals surface area contributed by atoms with Crippen molar-refractivity contribution in [2.45, 2.75) is 13.8 Å². The van der Waals surface area contributed by atoms with Crippen molar-refractivity contribution < 1.29 is 9.90 Å². The van der Waals surface area contributed by atoms with Crippen LogP contribution in [0.3, 0.4) is 0 Å². The van der Waals surface area contributed by atoms with Gasteiger partial charge >= 0.3 is 5.30 Å². The van der Waals surface area contributed by atoms with Crippen LogP contribution in [0, 0.1) is 0 Å². The molecule has 62 valence electrons. The normalized spacial score (nSPS) is 22.9. The van der Waals surface area contributed by atoms with E-state index in [4.69, 9.17) is 5.11 Å². The van der Waals surface area contributed by atoms with Gasteiger partial charge in [-0.25, -0.2) is 4.79 Å². The maximum atomic E-state index is 10.5. The Bertz CT molecular complexity index is 247. The van der Waals surface area contributed by atoms with Crippen LogP contribution in [0.4, 0.5) is 4.79 Å². The first kappa shape index (κ1) is 8.26. The van der Waals surface area contributed by atoms with Gasteiger partial charge in [0.2, 0.25) is 0 Å². The third-order valence-corrected chi connectivity index (χ3v) is 2.88. The molecule has 1 aliphatic rings. The fraction of sp³-hybridized carbons (Fsp3) is 0.500. The van der Waals surface area contributed by atoms with Crippen LogP contribution in [0.1, 0.15) is 13.8 Å². The number of hydrazone groups is 1. The zero-order valence-electron chi connectivity index (χ0n) is 6.44. The van der Waals surface area contributed by atoms with E-state index in [0.29, 0.717) is 5.04 Å². The van der Waals surface area contributed by atoms with Gasteiger partial charge < -0.3 is 5.11 Å². The van der Waals surface area contributed by atoms with Gasteiger partial charge in [0, 0.05) is 6.54 Å². The van der Waals surface area contributed by atoms with Gasteiger partial charge in [-0.1, -0.05) is 0 Å². The van der Waals surface area contributed by atoms with Gasteiger partial charge in [-0.15, -0.1) is 0 Å². The van der Waals surface area contributed by atoms with Crippen LogP contribution in [0.2, 0.25) is 0 Å². The molecule has 1 atom stereocenters. The second-order valence-electron chi connectivity index (χ2n) is 2.08. The monoisotopic (exact) mass is 174 g/mol. The zero-order valence-corrected chi connectivity index (χ0v) is 7.26. The van der Waals surface area contributed by atoms with Crippen LogP contribution in [0.15, 0.2) is 5.10 Å². The molecule has 0 aromatic carbocycles. The van der Waals surface area contributed by atoms with Crippen LogP contribution in [-0.2, 0) is 0 Å². The quantitative estimate of drug-likeness (QED) is 0.611. The summed E-state index contributed by atoms with van der Waals surface area (Å²) in [5, 5.41) is 14.2. The summed E-state index contributed by atoms with van der Waals surface area (Å²) in [6.45, 7) is 4.40. The molecule has 11 heavy (non-hydrogen) atoms. The molecule has 0 aliphatic carbocycles. The van der Waals surface area contributed by atoms with Crippen LogP contribution >= 0.6 is 10.5 Å². The number of rotatable bonds is 1. The lowest BCUT2D eigenvalue weighted by molar-refractivity contribution is 0.222. The van der Waals surface area contributed by atoms with Gasteiger partial charge in [-0.05, 0) is 24.3 Å². The van der Waals surface area contributed by atoms with Crippen molar-refractivity contribution in [1.82, 2.24) is 5.01 Å². The van der Waals surface area contributed by atoms with Crippen molar-refractivity contribution in [3.8, 4) is 0 Å². The number of carbonyl (C=O) groups is 1. The van der Waals surface area contributed by atoms with Gasteiger partial charge in [0.15, 0.2) is 0 Å². The van der Waals surface area contributed by atoms with Gasteiger partial charge in [0.1, 0.15) is 0 Å². The molecule has 0 saturated carbocycles. The van der Waals surface area contributed by atoms with Gasteiger partial charge in [0.05, 0.1) is 10.5 Å². The van der Waals surface area contributed by atoms with E-state index in [1.54, 1.807) is 17.4 Å². The minimum atomic E-state index is -0.804. The van der Waals surface area contributed by atoms with E-state index in [1.807, 2.05) is 6.92 Å². The number of hydrogen-bond donors (Lipinski definition) is 1. The topological polar surface area (TPSA) is 52.9 Å². The molecule has 0 aromatic rings. The van der Waals surface area contributed by atoms with Crippen molar-refractivity contribution in [2.24, 2.45) is 5.10 Å². The Balaban J connectivity index is 2.84. The Morgan fingerprint density at radius 2 is 2.55 bits per heavy atom. The van der Waals surface area contributed by atoms with E-state index in [2.05, 4.69) is 5.10 Å². The zero-order chi connectivity index (χ0) is 8.43. The Hall–Kier alpha value is -0.840. The van der Waals surface area contributed by atoms with E-state index in [-0.39, 0.29) is 0 Å². The number of hydrogen-bond acceptors (Lipinski definition) is 3. The summed E-state index contributed by atoms with van der Waals surface area (Å²) < 4.78 is 0. The molecule has 1 heterocycles. The van der Waals surface area contributed by atoms with Crippen molar-refractivity contribution in [1.29, 1.82) is 0 Å². The smallest absolute Gasteiger partial charge is 0.366 e. The summed E-state index contributed by atoms with van der Waals surface area (Å²) >= 11 is 0. The summed E-state index contributed by atoms with van der Waals surface area (Å²) in [7, 11) is -0.786. The molecular weight excluding hydrogens is 164 g/mol. The standard InChI is InChI=1S/C6H10N2O2S/c1-3-8-4-11(6(9)10)5(2)7-8/h4H,3H2,1-2H3,(H,9,10). The molecule has 0 saturated heterocycles. The molecular formula is C6H10N2O2S. The van der Waals surface area contributed by atoms with Gasteiger partial charge in [-0.3, -0.25) is 5.01 Å². The summed E-state index contributed by atoms with van der Waals surface area (Å²) in [5.41, 5.74) is 1.65. The maximum Gasteiger partial charge on any atom is 0.366 e. The van der Waals surface area contributed by atoms with Crippen LogP contribution in [0.5, 0.6) is 0 Å². The van der Waals surface area contributed by atoms with Crippen molar-refractivity contribution >= 4 is 26.3 Å². The molecule has 1 rings (SSSR count). The van der Waals surface area contributed by atoms with E-state index in [1.165, 1.54) is 0 Å². The average molecular weight is 174 g/mol. The Kier molecular flexibility index (Phi) is 2.28. The fourth-order valence-electron chi connectivity index (χ4n) is 0.763. The molecule has 0 radical (unpaired) electrons. The Morgan fingerprint density at radius 1 is 1.91 bits per heavy atom. The van der Waals surface area contributed by atoms with E-state index >= 15 is 0 Å². The lowest BCUT2D eigenvalue weighted by Crippen LogP contribution is -2.10. The molecule has 1 unspecified atom stereocenters.